The standard InChI is InChI=1S/C25H25NO3/c1-2-29-25(28)23-15-13-20(14-16-23)17-24(27)26(18-21-9-5-3-6-10-21)19-22-11-7-4-8-12-22/h3-16H,2,17-19H2,1H3. The van der Waals surface area contributed by atoms with E-state index < -0.39 is 0 Å². The molecular weight excluding hydrogens is 362 g/mol. The molecule has 0 N–H and O–H groups in total. The zero-order valence-electron chi connectivity index (χ0n) is 16.6. The van der Waals surface area contributed by atoms with E-state index in [1.54, 1.807) is 19.1 Å². The summed E-state index contributed by atoms with van der Waals surface area (Å²) in [5.74, 6) is -0.304. The van der Waals surface area contributed by atoms with E-state index in [2.05, 4.69) is 0 Å². The number of carbonyl (C=O) groups excluding carboxylic acids is 2. The van der Waals surface area contributed by atoms with Crippen molar-refractivity contribution in [3.05, 3.63) is 107 Å². The average Bonchev–Trinajstić information content (AvgIpc) is 2.75. The van der Waals surface area contributed by atoms with Gasteiger partial charge in [-0.25, -0.2) is 4.79 Å². The maximum Gasteiger partial charge on any atom is 0.338 e. The Morgan fingerprint density at radius 1 is 0.724 bits per heavy atom. The van der Waals surface area contributed by atoms with Crippen LogP contribution < -0.4 is 0 Å². The van der Waals surface area contributed by atoms with Crippen LogP contribution in [0.3, 0.4) is 0 Å². The van der Waals surface area contributed by atoms with Crippen LogP contribution in [-0.2, 0) is 29.0 Å². The summed E-state index contributed by atoms with van der Waals surface area (Å²) in [7, 11) is 0. The molecule has 3 aromatic carbocycles. The summed E-state index contributed by atoms with van der Waals surface area (Å²) in [5.41, 5.74) is 3.55. The first-order valence-corrected chi connectivity index (χ1v) is 9.77. The second-order valence-corrected chi connectivity index (χ2v) is 6.82. The molecular formula is C25H25NO3. The Morgan fingerprint density at radius 3 is 1.72 bits per heavy atom. The zero-order valence-corrected chi connectivity index (χ0v) is 16.6. The average molecular weight is 387 g/mol. The Morgan fingerprint density at radius 2 is 1.24 bits per heavy atom. The lowest BCUT2D eigenvalue weighted by Crippen LogP contribution is -2.31. The van der Waals surface area contributed by atoms with Crippen molar-refractivity contribution in [1.29, 1.82) is 0 Å². The highest BCUT2D eigenvalue weighted by Gasteiger charge is 2.16. The first-order valence-electron chi connectivity index (χ1n) is 9.77. The van der Waals surface area contributed by atoms with E-state index in [9.17, 15) is 9.59 Å². The number of carbonyl (C=O) groups is 2. The SMILES string of the molecule is CCOC(=O)c1ccc(CC(=O)N(Cc2ccccc2)Cc2ccccc2)cc1. The fraction of sp³-hybridized carbons (Fsp3) is 0.200. The predicted molar refractivity (Wildman–Crippen MR) is 113 cm³/mol. The molecule has 3 rings (SSSR count). The van der Waals surface area contributed by atoms with Gasteiger partial charge in [0.1, 0.15) is 0 Å². The second-order valence-electron chi connectivity index (χ2n) is 6.82. The Kier molecular flexibility index (Phi) is 7.17. The molecule has 0 atom stereocenters. The van der Waals surface area contributed by atoms with Gasteiger partial charge in [0.25, 0.3) is 0 Å². The molecule has 0 aliphatic heterocycles. The van der Waals surface area contributed by atoms with E-state index in [0.717, 1.165) is 16.7 Å². The van der Waals surface area contributed by atoms with Crippen LogP contribution in [0.15, 0.2) is 84.9 Å². The van der Waals surface area contributed by atoms with Crippen LogP contribution in [0.5, 0.6) is 0 Å². The molecule has 0 fully saturated rings. The van der Waals surface area contributed by atoms with Crippen molar-refractivity contribution < 1.29 is 14.3 Å². The summed E-state index contributed by atoms with van der Waals surface area (Å²) in [6.45, 7) is 3.22. The number of hydrogen-bond acceptors (Lipinski definition) is 3. The monoisotopic (exact) mass is 387 g/mol. The normalized spacial score (nSPS) is 10.4. The summed E-state index contributed by atoms with van der Waals surface area (Å²) < 4.78 is 5.01. The maximum atomic E-state index is 13.1. The molecule has 4 heteroatoms. The molecule has 148 valence electrons. The van der Waals surface area contributed by atoms with Crippen LogP contribution in [0.1, 0.15) is 34.0 Å². The zero-order chi connectivity index (χ0) is 20.5. The lowest BCUT2D eigenvalue weighted by Gasteiger charge is -2.23. The van der Waals surface area contributed by atoms with Gasteiger partial charge in [0, 0.05) is 13.1 Å². The third kappa shape index (κ3) is 6.04. The number of ether oxygens (including phenoxy) is 1. The van der Waals surface area contributed by atoms with Gasteiger partial charge in [-0.15, -0.1) is 0 Å². The molecule has 0 heterocycles. The molecule has 29 heavy (non-hydrogen) atoms. The van der Waals surface area contributed by atoms with E-state index in [1.807, 2.05) is 77.7 Å². The quantitative estimate of drug-likeness (QED) is 0.529. The number of rotatable bonds is 8. The van der Waals surface area contributed by atoms with Gasteiger partial charge in [-0.2, -0.15) is 0 Å². The Bertz CT molecular complexity index is 880. The maximum absolute atomic E-state index is 13.1. The molecule has 0 saturated heterocycles. The first-order chi connectivity index (χ1) is 14.2. The van der Waals surface area contributed by atoms with Crippen molar-refractivity contribution in [1.82, 2.24) is 4.90 Å². The van der Waals surface area contributed by atoms with Crippen LogP contribution in [-0.4, -0.2) is 23.4 Å². The molecule has 0 aromatic heterocycles. The fourth-order valence-electron chi connectivity index (χ4n) is 3.10. The summed E-state index contributed by atoms with van der Waals surface area (Å²) in [6, 6.07) is 27.0. The van der Waals surface area contributed by atoms with Crippen molar-refractivity contribution in [3.63, 3.8) is 0 Å². The largest absolute Gasteiger partial charge is 0.462 e. The van der Waals surface area contributed by atoms with Gasteiger partial charge in [-0.05, 0) is 35.7 Å². The molecule has 4 nitrogen and oxygen atoms in total. The van der Waals surface area contributed by atoms with E-state index >= 15 is 0 Å². The van der Waals surface area contributed by atoms with Gasteiger partial charge in [0.2, 0.25) is 5.91 Å². The van der Waals surface area contributed by atoms with Crippen LogP contribution in [0.2, 0.25) is 0 Å². The minimum atomic E-state index is -0.347. The third-order valence-corrected chi connectivity index (χ3v) is 4.61. The van der Waals surface area contributed by atoms with Gasteiger partial charge in [-0.3, -0.25) is 4.79 Å². The molecule has 0 aliphatic rings. The first kappa shape index (κ1) is 20.3. The van der Waals surface area contributed by atoms with Crippen molar-refractivity contribution in [3.8, 4) is 0 Å². The molecule has 0 spiro atoms. The van der Waals surface area contributed by atoms with Crippen LogP contribution >= 0.6 is 0 Å². The van der Waals surface area contributed by atoms with Gasteiger partial charge in [-0.1, -0.05) is 72.8 Å². The summed E-state index contributed by atoms with van der Waals surface area (Å²) in [4.78, 5) is 26.7. The third-order valence-electron chi connectivity index (χ3n) is 4.61. The van der Waals surface area contributed by atoms with E-state index in [4.69, 9.17) is 4.74 Å². The Hall–Kier alpha value is -3.40. The van der Waals surface area contributed by atoms with Crippen LogP contribution in [0.25, 0.3) is 0 Å². The lowest BCUT2D eigenvalue weighted by molar-refractivity contribution is -0.131. The molecule has 0 unspecified atom stereocenters. The smallest absolute Gasteiger partial charge is 0.338 e. The molecule has 0 bridgehead atoms. The number of amides is 1. The van der Waals surface area contributed by atoms with Crippen LogP contribution in [0.4, 0.5) is 0 Å². The predicted octanol–water partition coefficient (Wildman–Crippen LogP) is 4.63. The highest BCUT2D eigenvalue weighted by Crippen LogP contribution is 2.14. The Balaban J connectivity index is 1.72. The second kappa shape index (κ2) is 10.2. The summed E-state index contributed by atoms with van der Waals surface area (Å²) >= 11 is 0. The minimum absolute atomic E-state index is 0.0431. The minimum Gasteiger partial charge on any atom is -0.462 e. The summed E-state index contributed by atoms with van der Waals surface area (Å²) in [6.07, 6.45) is 0.281. The molecule has 0 radical (unpaired) electrons. The van der Waals surface area contributed by atoms with Gasteiger partial charge < -0.3 is 9.64 Å². The lowest BCUT2D eigenvalue weighted by atomic mass is 10.1. The van der Waals surface area contributed by atoms with Gasteiger partial charge in [0.15, 0.2) is 0 Å². The van der Waals surface area contributed by atoms with E-state index in [0.29, 0.717) is 25.3 Å². The number of benzene rings is 3. The Labute approximate surface area is 171 Å². The van der Waals surface area contributed by atoms with Gasteiger partial charge in [0.05, 0.1) is 18.6 Å². The topological polar surface area (TPSA) is 46.6 Å². The molecule has 0 aliphatic carbocycles. The van der Waals surface area contributed by atoms with Crippen molar-refractivity contribution in [2.24, 2.45) is 0 Å². The van der Waals surface area contributed by atoms with Gasteiger partial charge >= 0.3 is 5.97 Å². The fourth-order valence-corrected chi connectivity index (χ4v) is 3.10. The molecule has 1 amide bonds. The highest BCUT2D eigenvalue weighted by atomic mass is 16.5. The summed E-state index contributed by atoms with van der Waals surface area (Å²) in [5, 5.41) is 0. The van der Waals surface area contributed by atoms with Crippen molar-refractivity contribution >= 4 is 11.9 Å². The van der Waals surface area contributed by atoms with Crippen LogP contribution in [0, 0.1) is 0 Å². The van der Waals surface area contributed by atoms with Crippen molar-refractivity contribution in [2.75, 3.05) is 6.61 Å². The number of nitrogens with zero attached hydrogens (tertiary/aromatic N) is 1. The van der Waals surface area contributed by atoms with E-state index in [1.165, 1.54) is 0 Å². The highest BCUT2D eigenvalue weighted by molar-refractivity contribution is 5.89. The van der Waals surface area contributed by atoms with E-state index in [-0.39, 0.29) is 18.3 Å². The molecule has 0 saturated carbocycles. The number of hydrogen-bond donors (Lipinski definition) is 0. The number of esters is 1. The van der Waals surface area contributed by atoms with Crippen molar-refractivity contribution in [2.45, 2.75) is 26.4 Å². The molecule has 3 aromatic rings.